The fourth-order valence-electron chi connectivity index (χ4n) is 3.73. The summed E-state index contributed by atoms with van der Waals surface area (Å²) in [6, 6.07) is 14.6. The number of para-hydroxylation sites is 2. The molecule has 0 aliphatic carbocycles. The van der Waals surface area contributed by atoms with Gasteiger partial charge >= 0.3 is 0 Å². The van der Waals surface area contributed by atoms with Crippen LogP contribution in [0.15, 0.2) is 42.5 Å². The number of hydrogen-bond donors (Lipinski definition) is 1. The number of nitrogens with zero attached hydrogens (tertiary/aromatic N) is 2. The lowest BCUT2D eigenvalue weighted by atomic mass is 10.1. The first-order valence-corrected chi connectivity index (χ1v) is 9.59. The van der Waals surface area contributed by atoms with Gasteiger partial charge in [-0.2, -0.15) is 0 Å². The SMILES string of the molecule is CC(C)n1c(CCNC(=O)Cc2ccc3c(c2)OCC3)nc2ccccc21. The Morgan fingerprint density at radius 2 is 2.11 bits per heavy atom. The molecular formula is C22H25N3O2. The van der Waals surface area contributed by atoms with Gasteiger partial charge in [0.05, 0.1) is 24.1 Å². The van der Waals surface area contributed by atoms with Crippen LogP contribution >= 0.6 is 0 Å². The fourth-order valence-corrected chi connectivity index (χ4v) is 3.73. The summed E-state index contributed by atoms with van der Waals surface area (Å²) in [6.45, 7) is 5.64. The largest absolute Gasteiger partial charge is 0.493 e. The molecule has 1 aliphatic rings. The summed E-state index contributed by atoms with van der Waals surface area (Å²) >= 11 is 0. The normalized spacial score (nSPS) is 13.0. The molecule has 0 bridgehead atoms. The number of carbonyl (C=O) groups excluding carboxylic acids is 1. The minimum absolute atomic E-state index is 0.0279. The maximum atomic E-state index is 12.3. The Labute approximate surface area is 159 Å². The van der Waals surface area contributed by atoms with Crippen LogP contribution in [-0.4, -0.2) is 28.6 Å². The fraction of sp³-hybridized carbons (Fsp3) is 0.364. The van der Waals surface area contributed by atoms with Crippen molar-refractivity contribution in [1.29, 1.82) is 0 Å². The first-order chi connectivity index (χ1) is 13.1. The zero-order chi connectivity index (χ0) is 18.8. The van der Waals surface area contributed by atoms with E-state index < -0.39 is 0 Å². The van der Waals surface area contributed by atoms with Gasteiger partial charge in [0.25, 0.3) is 0 Å². The highest BCUT2D eigenvalue weighted by molar-refractivity contribution is 5.79. The van der Waals surface area contributed by atoms with Gasteiger partial charge in [-0.3, -0.25) is 4.79 Å². The molecule has 1 aliphatic heterocycles. The Morgan fingerprint density at radius 1 is 1.26 bits per heavy atom. The molecule has 1 aromatic heterocycles. The molecule has 2 heterocycles. The van der Waals surface area contributed by atoms with Crippen LogP contribution in [0.5, 0.6) is 5.75 Å². The molecule has 0 fully saturated rings. The van der Waals surface area contributed by atoms with Crippen LogP contribution in [0.25, 0.3) is 11.0 Å². The highest BCUT2D eigenvalue weighted by Gasteiger charge is 2.15. The number of rotatable bonds is 6. The number of amides is 1. The molecule has 140 valence electrons. The van der Waals surface area contributed by atoms with Crippen molar-refractivity contribution in [3.63, 3.8) is 0 Å². The Balaban J connectivity index is 1.37. The molecule has 1 amide bonds. The van der Waals surface area contributed by atoms with Crippen LogP contribution in [0.3, 0.4) is 0 Å². The number of aromatic nitrogens is 2. The second kappa shape index (κ2) is 7.43. The molecule has 0 saturated carbocycles. The highest BCUT2D eigenvalue weighted by atomic mass is 16.5. The zero-order valence-corrected chi connectivity index (χ0v) is 15.9. The number of nitrogens with one attached hydrogen (secondary N) is 1. The Hall–Kier alpha value is -2.82. The molecule has 0 unspecified atom stereocenters. The average Bonchev–Trinajstić information content (AvgIpc) is 3.24. The van der Waals surface area contributed by atoms with Gasteiger partial charge in [-0.25, -0.2) is 4.98 Å². The number of imidazole rings is 1. The Bertz CT molecular complexity index is 975. The van der Waals surface area contributed by atoms with Gasteiger partial charge in [0.15, 0.2) is 0 Å². The van der Waals surface area contributed by atoms with Crippen molar-refractivity contribution in [2.75, 3.05) is 13.2 Å². The lowest BCUT2D eigenvalue weighted by Crippen LogP contribution is -2.28. The summed E-state index contributed by atoms with van der Waals surface area (Å²) in [5.41, 5.74) is 4.37. The monoisotopic (exact) mass is 363 g/mol. The van der Waals surface area contributed by atoms with Gasteiger partial charge in [0, 0.05) is 25.4 Å². The quantitative estimate of drug-likeness (QED) is 0.730. The molecule has 4 rings (SSSR count). The van der Waals surface area contributed by atoms with Crippen LogP contribution in [0, 0.1) is 0 Å². The number of benzene rings is 2. The molecule has 0 saturated heterocycles. The number of carbonyl (C=O) groups is 1. The molecule has 0 spiro atoms. The van der Waals surface area contributed by atoms with Gasteiger partial charge in [0.1, 0.15) is 11.6 Å². The first kappa shape index (κ1) is 17.6. The van der Waals surface area contributed by atoms with Crippen molar-refractivity contribution in [3.05, 3.63) is 59.4 Å². The maximum Gasteiger partial charge on any atom is 0.224 e. The van der Waals surface area contributed by atoms with Crippen molar-refractivity contribution in [2.24, 2.45) is 0 Å². The van der Waals surface area contributed by atoms with Crippen LogP contribution in [0.1, 0.15) is 36.8 Å². The molecular weight excluding hydrogens is 338 g/mol. The van der Waals surface area contributed by atoms with Crippen molar-refractivity contribution in [3.8, 4) is 5.75 Å². The Kier molecular flexibility index (Phi) is 4.84. The standard InChI is InChI=1S/C22H25N3O2/c1-15(2)25-19-6-4-3-5-18(19)24-21(25)9-11-23-22(26)14-16-7-8-17-10-12-27-20(17)13-16/h3-8,13,15H,9-12,14H2,1-2H3,(H,23,26). The molecule has 1 N–H and O–H groups in total. The second-order valence-corrected chi connectivity index (χ2v) is 7.30. The summed E-state index contributed by atoms with van der Waals surface area (Å²) in [7, 11) is 0. The number of ether oxygens (including phenoxy) is 1. The van der Waals surface area contributed by atoms with Gasteiger partial charge < -0.3 is 14.6 Å². The molecule has 0 radical (unpaired) electrons. The third-order valence-electron chi connectivity index (χ3n) is 4.98. The van der Waals surface area contributed by atoms with E-state index in [0.717, 1.165) is 41.2 Å². The predicted molar refractivity (Wildman–Crippen MR) is 106 cm³/mol. The van der Waals surface area contributed by atoms with E-state index in [9.17, 15) is 4.79 Å². The highest BCUT2D eigenvalue weighted by Crippen LogP contribution is 2.26. The van der Waals surface area contributed by atoms with Gasteiger partial charge in [0.2, 0.25) is 5.91 Å². The first-order valence-electron chi connectivity index (χ1n) is 9.59. The van der Waals surface area contributed by atoms with E-state index in [0.29, 0.717) is 25.4 Å². The summed E-state index contributed by atoms with van der Waals surface area (Å²) < 4.78 is 7.83. The molecule has 0 atom stereocenters. The third-order valence-corrected chi connectivity index (χ3v) is 4.98. The lowest BCUT2D eigenvalue weighted by molar-refractivity contribution is -0.120. The minimum Gasteiger partial charge on any atom is -0.493 e. The summed E-state index contributed by atoms with van der Waals surface area (Å²) in [4.78, 5) is 17.1. The van der Waals surface area contributed by atoms with Crippen molar-refractivity contribution in [1.82, 2.24) is 14.9 Å². The van der Waals surface area contributed by atoms with Gasteiger partial charge in [-0.15, -0.1) is 0 Å². The summed E-state index contributed by atoms with van der Waals surface area (Å²) in [5.74, 6) is 1.96. The van der Waals surface area contributed by atoms with Crippen LogP contribution in [-0.2, 0) is 24.1 Å². The average molecular weight is 363 g/mol. The van der Waals surface area contributed by atoms with E-state index in [-0.39, 0.29) is 5.91 Å². The van der Waals surface area contributed by atoms with E-state index in [2.05, 4.69) is 35.9 Å². The summed E-state index contributed by atoms with van der Waals surface area (Å²) in [5, 5.41) is 3.02. The van der Waals surface area contributed by atoms with Gasteiger partial charge in [-0.05, 0) is 43.2 Å². The molecule has 5 heteroatoms. The van der Waals surface area contributed by atoms with E-state index in [1.54, 1.807) is 0 Å². The number of fused-ring (bicyclic) bond motifs is 2. The second-order valence-electron chi connectivity index (χ2n) is 7.30. The van der Waals surface area contributed by atoms with Crippen molar-refractivity contribution >= 4 is 16.9 Å². The van der Waals surface area contributed by atoms with E-state index >= 15 is 0 Å². The molecule has 27 heavy (non-hydrogen) atoms. The predicted octanol–water partition coefficient (Wildman–Crippen LogP) is 3.45. The van der Waals surface area contributed by atoms with Crippen LogP contribution < -0.4 is 10.1 Å². The van der Waals surface area contributed by atoms with E-state index in [1.165, 1.54) is 5.56 Å². The zero-order valence-electron chi connectivity index (χ0n) is 15.9. The maximum absolute atomic E-state index is 12.3. The third kappa shape index (κ3) is 3.68. The van der Waals surface area contributed by atoms with Crippen molar-refractivity contribution in [2.45, 2.75) is 39.2 Å². The smallest absolute Gasteiger partial charge is 0.224 e. The lowest BCUT2D eigenvalue weighted by Gasteiger charge is -2.13. The van der Waals surface area contributed by atoms with Gasteiger partial charge in [-0.1, -0.05) is 24.3 Å². The number of hydrogen-bond acceptors (Lipinski definition) is 3. The van der Waals surface area contributed by atoms with E-state index in [1.807, 2.05) is 30.3 Å². The molecule has 5 nitrogen and oxygen atoms in total. The van der Waals surface area contributed by atoms with Crippen LogP contribution in [0.2, 0.25) is 0 Å². The Morgan fingerprint density at radius 3 is 2.96 bits per heavy atom. The summed E-state index contributed by atoms with van der Waals surface area (Å²) in [6.07, 6.45) is 2.04. The van der Waals surface area contributed by atoms with E-state index in [4.69, 9.17) is 9.72 Å². The minimum atomic E-state index is 0.0279. The molecule has 2 aromatic carbocycles. The van der Waals surface area contributed by atoms with Crippen molar-refractivity contribution < 1.29 is 9.53 Å². The molecule has 3 aromatic rings. The topological polar surface area (TPSA) is 56.2 Å². The van der Waals surface area contributed by atoms with Crippen LogP contribution in [0.4, 0.5) is 0 Å².